The van der Waals surface area contributed by atoms with Gasteiger partial charge in [0.05, 0.1) is 5.69 Å². The van der Waals surface area contributed by atoms with Crippen LogP contribution >= 0.6 is 0 Å². The molecule has 0 N–H and O–H groups in total. The predicted molar refractivity (Wildman–Crippen MR) is 78.1 cm³/mol. The normalized spacial score (nSPS) is 11.5. The monoisotopic (exact) mass is 231 g/mol. The molecule has 0 aromatic carbocycles. The molecule has 0 aliphatic carbocycles. The van der Waals surface area contributed by atoms with E-state index >= 15 is 0 Å². The average molecular weight is 231 g/mol. The smallest absolute Gasteiger partial charge is 0.0701 e. The largest absolute Gasteiger partial charge is 0.256 e. The first-order valence-electron chi connectivity index (χ1n) is 6.24. The maximum Gasteiger partial charge on any atom is 0.0701 e. The molecule has 0 atom stereocenters. The topological polar surface area (TPSA) is 12.9 Å². The van der Waals surface area contributed by atoms with Crippen molar-refractivity contribution in [3.8, 4) is 0 Å². The van der Waals surface area contributed by atoms with Gasteiger partial charge in [-0.15, -0.1) is 0 Å². The Morgan fingerprint density at radius 2 is 1.88 bits per heavy atom. The highest BCUT2D eigenvalue weighted by molar-refractivity contribution is 5.71. The number of rotatable bonds is 2. The molecule has 0 spiro atoms. The Balaban J connectivity index is 0.00000121. The van der Waals surface area contributed by atoms with Crippen molar-refractivity contribution in [2.24, 2.45) is 0 Å². The van der Waals surface area contributed by atoms with Gasteiger partial charge in [0.25, 0.3) is 0 Å². The molecule has 17 heavy (non-hydrogen) atoms. The van der Waals surface area contributed by atoms with Crippen LogP contribution in [0.1, 0.15) is 52.8 Å². The molecule has 0 amide bonds. The Morgan fingerprint density at radius 3 is 2.29 bits per heavy atom. The summed E-state index contributed by atoms with van der Waals surface area (Å²) in [6, 6.07) is 4.21. The molecule has 1 rings (SSSR count). The van der Waals surface area contributed by atoms with Gasteiger partial charge in [-0.3, -0.25) is 4.98 Å². The van der Waals surface area contributed by atoms with Crippen LogP contribution in [0.25, 0.3) is 5.57 Å². The van der Waals surface area contributed by atoms with Gasteiger partial charge in [0.1, 0.15) is 0 Å². The van der Waals surface area contributed by atoms with Crippen molar-refractivity contribution < 1.29 is 0 Å². The molecule has 1 aromatic rings. The first-order chi connectivity index (χ1) is 7.99. The van der Waals surface area contributed by atoms with Crippen molar-refractivity contribution in [2.45, 2.75) is 47.0 Å². The second-order valence-corrected chi connectivity index (χ2v) is 4.63. The summed E-state index contributed by atoms with van der Waals surface area (Å²) in [7, 11) is 0. The van der Waals surface area contributed by atoms with E-state index in [0.717, 1.165) is 11.3 Å². The molecule has 0 unspecified atom stereocenters. The zero-order chi connectivity index (χ0) is 13.5. The fourth-order valence-corrected chi connectivity index (χ4v) is 1.43. The molecule has 0 fully saturated rings. The summed E-state index contributed by atoms with van der Waals surface area (Å²) in [5.41, 5.74) is 3.55. The Kier molecular flexibility index (Phi) is 6.48. The van der Waals surface area contributed by atoms with Crippen LogP contribution in [0, 0.1) is 0 Å². The molecular weight excluding hydrogens is 206 g/mol. The van der Waals surface area contributed by atoms with Crippen LogP contribution in [0.3, 0.4) is 0 Å². The number of nitrogens with zero attached hydrogens (tertiary/aromatic N) is 1. The van der Waals surface area contributed by atoms with Gasteiger partial charge in [-0.2, -0.15) is 0 Å². The SMILES string of the molecule is C=C/C(=C\C)c1cc(C(C)(C)C)ccn1.CC. The lowest BCUT2D eigenvalue weighted by Crippen LogP contribution is -2.11. The van der Waals surface area contributed by atoms with Crippen molar-refractivity contribution in [1.82, 2.24) is 4.98 Å². The molecule has 0 saturated carbocycles. The molecular formula is C16H25N. The van der Waals surface area contributed by atoms with Crippen LogP contribution < -0.4 is 0 Å². The van der Waals surface area contributed by atoms with E-state index < -0.39 is 0 Å². The molecule has 0 aliphatic rings. The van der Waals surface area contributed by atoms with E-state index in [1.807, 2.05) is 39.1 Å². The van der Waals surface area contributed by atoms with E-state index in [2.05, 4.69) is 44.5 Å². The van der Waals surface area contributed by atoms with E-state index in [0.29, 0.717) is 0 Å². The van der Waals surface area contributed by atoms with Gasteiger partial charge in [0.2, 0.25) is 0 Å². The minimum atomic E-state index is 0.164. The maximum atomic E-state index is 4.36. The van der Waals surface area contributed by atoms with Crippen LogP contribution in [-0.4, -0.2) is 4.98 Å². The third-order valence-electron chi connectivity index (χ3n) is 2.45. The highest BCUT2D eigenvalue weighted by Crippen LogP contribution is 2.24. The molecule has 1 heteroatoms. The highest BCUT2D eigenvalue weighted by atomic mass is 14.7. The lowest BCUT2D eigenvalue weighted by atomic mass is 9.87. The van der Waals surface area contributed by atoms with E-state index in [1.54, 1.807) is 0 Å². The van der Waals surface area contributed by atoms with Gasteiger partial charge in [0, 0.05) is 6.20 Å². The standard InChI is InChI=1S/C14H19N.C2H6/c1-6-11(7-2)13-10-12(8-9-15-13)14(3,4)5;1-2/h6-10H,1H2,2-5H3;1-2H3/b11-7+;. The summed E-state index contributed by atoms with van der Waals surface area (Å²) in [5.74, 6) is 0. The molecule has 1 heterocycles. The summed E-state index contributed by atoms with van der Waals surface area (Å²) in [4.78, 5) is 4.36. The Hall–Kier alpha value is -1.37. The average Bonchev–Trinajstić information content (AvgIpc) is 2.33. The second-order valence-electron chi connectivity index (χ2n) is 4.63. The fraction of sp³-hybridized carbons (Fsp3) is 0.438. The molecule has 0 saturated heterocycles. The van der Waals surface area contributed by atoms with Crippen LogP contribution in [0.2, 0.25) is 0 Å². The number of hydrogen-bond donors (Lipinski definition) is 0. The Labute approximate surface area is 106 Å². The van der Waals surface area contributed by atoms with E-state index in [1.165, 1.54) is 5.56 Å². The summed E-state index contributed by atoms with van der Waals surface area (Å²) >= 11 is 0. The number of allylic oxidation sites excluding steroid dienone is 3. The molecule has 0 bridgehead atoms. The van der Waals surface area contributed by atoms with Gasteiger partial charge in [-0.1, -0.05) is 53.3 Å². The Morgan fingerprint density at radius 1 is 1.29 bits per heavy atom. The molecule has 1 aromatic heterocycles. The van der Waals surface area contributed by atoms with Crippen LogP contribution in [-0.2, 0) is 5.41 Å². The number of aromatic nitrogens is 1. The minimum Gasteiger partial charge on any atom is -0.256 e. The van der Waals surface area contributed by atoms with Crippen molar-refractivity contribution >= 4 is 5.57 Å². The number of hydrogen-bond acceptors (Lipinski definition) is 1. The summed E-state index contributed by atoms with van der Waals surface area (Å²) < 4.78 is 0. The molecule has 1 nitrogen and oxygen atoms in total. The first kappa shape index (κ1) is 15.6. The maximum absolute atomic E-state index is 4.36. The molecule has 0 radical (unpaired) electrons. The lowest BCUT2D eigenvalue weighted by Gasteiger charge is -2.19. The van der Waals surface area contributed by atoms with E-state index in [-0.39, 0.29) is 5.41 Å². The third-order valence-corrected chi connectivity index (χ3v) is 2.45. The van der Waals surface area contributed by atoms with Crippen molar-refractivity contribution in [1.29, 1.82) is 0 Å². The quantitative estimate of drug-likeness (QED) is 0.653. The van der Waals surface area contributed by atoms with Crippen molar-refractivity contribution in [3.63, 3.8) is 0 Å². The summed E-state index contributed by atoms with van der Waals surface area (Å²) in [6.45, 7) is 16.4. The zero-order valence-corrected chi connectivity index (χ0v) is 12.0. The van der Waals surface area contributed by atoms with E-state index in [9.17, 15) is 0 Å². The summed E-state index contributed by atoms with van der Waals surface area (Å²) in [5, 5.41) is 0. The van der Waals surface area contributed by atoms with Crippen molar-refractivity contribution in [3.05, 3.63) is 48.3 Å². The van der Waals surface area contributed by atoms with Crippen molar-refractivity contribution in [2.75, 3.05) is 0 Å². The zero-order valence-electron chi connectivity index (χ0n) is 12.0. The minimum absolute atomic E-state index is 0.164. The van der Waals surface area contributed by atoms with Gasteiger partial charge in [-0.05, 0) is 35.6 Å². The molecule has 0 aliphatic heterocycles. The third kappa shape index (κ3) is 4.56. The predicted octanol–water partition coefficient (Wildman–Crippen LogP) is 4.99. The first-order valence-corrected chi connectivity index (χ1v) is 6.24. The van der Waals surface area contributed by atoms with Gasteiger partial charge >= 0.3 is 0 Å². The Bertz CT molecular complexity index is 381. The second kappa shape index (κ2) is 7.05. The summed E-state index contributed by atoms with van der Waals surface area (Å²) in [6.07, 6.45) is 5.74. The highest BCUT2D eigenvalue weighted by Gasteiger charge is 2.14. The van der Waals surface area contributed by atoms with Gasteiger partial charge < -0.3 is 0 Å². The lowest BCUT2D eigenvalue weighted by molar-refractivity contribution is 0.589. The number of pyridine rings is 1. The van der Waals surface area contributed by atoms with Gasteiger partial charge in [0.15, 0.2) is 0 Å². The van der Waals surface area contributed by atoms with E-state index in [4.69, 9.17) is 0 Å². The van der Waals surface area contributed by atoms with Crippen LogP contribution in [0.5, 0.6) is 0 Å². The van der Waals surface area contributed by atoms with Crippen LogP contribution in [0.15, 0.2) is 37.1 Å². The van der Waals surface area contributed by atoms with Crippen LogP contribution in [0.4, 0.5) is 0 Å². The fourth-order valence-electron chi connectivity index (χ4n) is 1.43. The van der Waals surface area contributed by atoms with Gasteiger partial charge in [-0.25, -0.2) is 0 Å². The molecule has 94 valence electrons.